The number of ketones is 2. The van der Waals surface area contributed by atoms with Crippen molar-refractivity contribution in [3.63, 3.8) is 0 Å². The van der Waals surface area contributed by atoms with Crippen LogP contribution in [-0.4, -0.2) is 66.2 Å². The normalized spacial score (nSPS) is 31.3. The van der Waals surface area contributed by atoms with E-state index in [1.807, 2.05) is 4.90 Å². The number of aromatic nitrogens is 4. The number of carbonyl (C=O) groups excluding carboxylic acids is 4. The van der Waals surface area contributed by atoms with Crippen molar-refractivity contribution in [3.8, 4) is 0 Å². The van der Waals surface area contributed by atoms with Gasteiger partial charge in [0.25, 0.3) is 0 Å². The summed E-state index contributed by atoms with van der Waals surface area (Å²) in [6.07, 6.45) is 9.89. The van der Waals surface area contributed by atoms with Crippen molar-refractivity contribution >= 4 is 51.1 Å². The molecule has 0 spiro atoms. The third-order valence-corrected chi connectivity index (χ3v) is 18.9. The van der Waals surface area contributed by atoms with Crippen LogP contribution in [0.4, 0.5) is 5.69 Å². The highest BCUT2D eigenvalue weighted by molar-refractivity contribution is 6.09. The number of anilines is 1. The molecule has 11 rings (SSSR count). The largest absolute Gasteiger partial charge is 0.357 e. The minimum absolute atomic E-state index is 0.0192. The van der Waals surface area contributed by atoms with Crippen LogP contribution in [0, 0.1) is 34.0 Å². The van der Waals surface area contributed by atoms with E-state index in [1.165, 1.54) is 22.4 Å². The highest BCUT2D eigenvalue weighted by Gasteiger charge is 2.69. The smallest absolute Gasteiger partial charge is 0.237 e. The molecular weight excluding hydrogens is 847 g/mol. The fourth-order valence-corrected chi connectivity index (χ4v) is 14.6. The predicted molar refractivity (Wildman–Crippen MR) is 266 cm³/mol. The second-order valence-electron chi connectivity index (χ2n) is 23.8. The molecule has 9 atom stereocenters. The third-order valence-electron chi connectivity index (χ3n) is 18.9. The van der Waals surface area contributed by atoms with Crippen LogP contribution in [0.5, 0.6) is 0 Å². The lowest BCUT2D eigenvalue weighted by atomic mass is 9.68. The Kier molecular flexibility index (Phi) is 10.7. The molecule has 2 amide bonds. The average molecular weight is 918 g/mol. The molecule has 2 aromatic heterocycles. The minimum atomic E-state index is -0.912. The van der Waals surface area contributed by atoms with E-state index in [1.54, 1.807) is 6.92 Å². The molecule has 2 bridgehead atoms. The summed E-state index contributed by atoms with van der Waals surface area (Å²) >= 11 is 0. The van der Waals surface area contributed by atoms with E-state index in [0.717, 1.165) is 98.0 Å². The van der Waals surface area contributed by atoms with Crippen molar-refractivity contribution in [1.82, 2.24) is 29.7 Å². The summed E-state index contributed by atoms with van der Waals surface area (Å²) in [7, 11) is 0. The van der Waals surface area contributed by atoms with Crippen LogP contribution in [0.3, 0.4) is 0 Å². The van der Waals surface area contributed by atoms with Gasteiger partial charge in [0, 0.05) is 37.0 Å². The lowest BCUT2D eigenvalue weighted by Crippen LogP contribution is -2.51. The van der Waals surface area contributed by atoms with Crippen LogP contribution in [0.25, 0.3) is 22.1 Å². The Bertz CT molecular complexity index is 2830. The van der Waals surface area contributed by atoms with Crippen LogP contribution in [0.2, 0.25) is 0 Å². The molecule has 11 heteroatoms. The number of likely N-dealkylation sites (tertiary alicyclic amines) is 2. The second kappa shape index (κ2) is 16.1. The lowest BCUT2D eigenvalue weighted by Gasteiger charge is -2.39. The van der Waals surface area contributed by atoms with Gasteiger partial charge in [-0.1, -0.05) is 72.7 Å². The number of Topliss-reactive ketones (excluding diaryl/α,β-unsaturated/α-hetero) is 2. The molecule has 11 nitrogen and oxygen atoms in total. The number of imidazole rings is 2. The first-order valence-corrected chi connectivity index (χ1v) is 25.9. The van der Waals surface area contributed by atoms with Crippen LogP contribution in [-0.2, 0) is 24.6 Å². The molecule has 3 saturated heterocycles. The third kappa shape index (κ3) is 6.92. The Morgan fingerprint density at radius 1 is 0.706 bits per heavy atom. The van der Waals surface area contributed by atoms with E-state index in [9.17, 15) is 19.2 Å². The summed E-state index contributed by atoms with van der Waals surface area (Å²) in [5, 5.41) is 0. The number of aromatic amines is 2. The van der Waals surface area contributed by atoms with Crippen LogP contribution in [0.1, 0.15) is 185 Å². The number of H-pyrrole nitrogens is 2. The van der Waals surface area contributed by atoms with Crippen molar-refractivity contribution in [2.45, 2.75) is 162 Å². The molecule has 6 fully saturated rings. The second-order valence-corrected chi connectivity index (χ2v) is 23.8. The minimum Gasteiger partial charge on any atom is -0.357 e. The van der Waals surface area contributed by atoms with Gasteiger partial charge in [0.1, 0.15) is 28.6 Å². The molecule has 3 aliphatic carbocycles. The predicted octanol–water partition coefficient (Wildman–Crippen LogP) is 11.6. The number of hydrogen-bond acceptors (Lipinski definition) is 7. The summed E-state index contributed by atoms with van der Waals surface area (Å²) < 4.78 is 0. The highest BCUT2D eigenvalue weighted by Crippen LogP contribution is 2.65. The van der Waals surface area contributed by atoms with E-state index in [-0.39, 0.29) is 76.1 Å². The van der Waals surface area contributed by atoms with Gasteiger partial charge in [-0.25, -0.2) is 9.97 Å². The Hall–Kier alpha value is -5.32. The van der Waals surface area contributed by atoms with Crippen LogP contribution >= 0.6 is 0 Å². The van der Waals surface area contributed by atoms with E-state index >= 15 is 0 Å². The van der Waals surface area contributed by atoms with Gasteiger partial charge in [-0.2, -0.15) is 0 Å². The number of nitrogens with one attached hydrogen (secondary N) is 2. The van der Waals surface area contributed by atoms with E-state index in [0.29, 0.717) is 25.8 Å². The van der Waals surface area contributed by atoms with Crippen molar-refractivity contribution in [3.05, 3.63) is 89.0 Å². The maximum absolute atomic E-state index is 14.6. The number of amides is 2. The summed E-state index contributed by atoms with van der Waals surface area (Å²) in [5.74, 6) is 2.93. The molecule has 6 aliphatic rings. The van der Waals surface area contributed by atoms with Crippen molar-refractivity contribution in [2.24, 2.45) is 34.0 Å². The number of rotatable bonds is 9. The molecule has 5 aromatic rings. The summed E-state index contributed by atoms with van der Waals surface area (Å²) in [6.45, 7) is 18.4. The fraction of sp³-hybridized carbons (Fsp3) is 0.579. The molecule has 5 heterocycles. The summed E-state index contributed by atoms with van der Waals surface area (Å²) in [6, 6.07) is 22.4. The SMILES string of the molecule is CC(=O)C[C@H]1CC[C@](C)(C(=O)N2CCC[C@H]2c2nc3ccc([C@H]4CCC(c5ccc6nc([C@@H]7CCCN7C(=O)[C@]78CC[C@H](CC7=O)C8(C)C)[nH]c6c5)N4c4ccc(C(C)(C)C)cc4)cc3[nH]2)C1C. The number of hydrogen-bond donors (Lipinski definition) is 2. The zero-order valence-corrected chi connectivity index (χ0v) is 41.6. The van der Waals surface area contributed by atoms with Gasteiger partial charge >= 0.3 is 0 Å². The molecule has 358 valence electrons. The number of fused-ring (bicyclic) bond motifs is 4. The van der Waals surface area contributed by atoms with E-state index in [2.05, 4.69) is 129 Å². The zero-order valence-electron chi connectivity index (χ0n) is 41.6. The molecule has 3 saturated carbocycles. The van der Waals surface area contributed by atoms with Crippen LogP contribution < -0.4 is 4.90 Å². The van der Waals surface area contributed by atoms with Gasteiger partial charge in [-0.3, -0.25) is 14.4 Å². The fourth-order valence-electron chi connectivity index (χ4n) is 14.6. The van der Waals surface area contributed by atoms with Crippen molar-refractivity contribution in [1.29, 1.82) is 0 Å². The van der Waals surface area contributed by atoms with Gasteiger partial charge in [0.2, 0.25) is 11.8 Å². The first-order chi connectivity index (χ1) is 32.4. The molecule has 2 unspecified atom stereocenters. The van der Waals surface area contributed by atoms with Gasteiger partial charge in [-0.15, -0.1) is 0 Å². The molecule has 3 aliphatic heterocycles. The highest BCUT2D eigenvalue weighted by atomic mass is 16.2. The van der Waals surface area contributed by atoms with Gasteiger partial charge < -0.3 is 29.5 Å². The Labute approximate surface area is 401 Å². The van der Waals surface area contributed by atoms with Gasteiger partial charge in [-0.05, 0) is 153 Å². The molecule has 68 heavy (non-hydrogen) atoms. The number of benzene rings is 3. The first-order valence-electron chi connectivity index (χ1n) is 25.9. The molecule has 0 radical (unpaired) electrons. The maximum atomic E-state index is 14.6. The van der Waals surface area contributed by atoms with E-state index in [4.69, 9.17) is 9.97 Å². The summed E-state index contributed by atoms with van der Waals surface area (Å²) in [4.78, 5) is 79.0. The Morgan fingerprint density at radius 3 is 1.76 bits per heavy atom. The first kappa shape index (κ1) is 45.1. The molecule has 3 aromatic carbocycles. The maximum Gasteiger partial charge on any atom is 0.237 e. The monoisotopic (exact) mass is 918 g/mol. The van der Waals surface area contributed by atoms with E-state index < -0.39 is 10.8 Å². The number of nitrogens with zero attached hydrogens (tertiary/aromatic N) is 5. The van der Waals surface area contributed by atoms with Crippen molar-refractivity contribution in [2.75, 3.05) is 18.0 Å². The topological polar surface area (TPSA) is 135 Å². The van der Waals surface area contributed by atoms with Crippen LogP contribution in [0.15, 0.2) is 60.7 Å². The number of carbonyl (C=O) groups is 4. The van der Waals surface area contributed by atoms with Crippen molar-refractivity contribution < 1.29 is 19.2 Å². The Morgan fingerprint density at radius 2 is 1.26 bits per heavy atom. The quantitative estimate of drug-likeness (QED) is 0.141. The van der Waals surface area contributed by atoms with Gasteiger partial charge in [0.15, 0.2) is 0 Å². The lowest BCUT2D eigenvalue weighted by molar-refractivity contribution is -0.154. The Balaban J connectivity index is 0.881. The molecule has 2 N–H and O–H groups in total. The average Bonchev–Trinajstić information content (AvgIpc) is 4.18. The zero-order chi connectivity index (χ0) is 47.7. The molecular formula is C57H71N7O4. The van der Waals surface area contributed by atoms with Gasteiger partial charge in [0.05, 0.1) is 46.2 Å². The summed E-state index contributed by atoms with van der Waals surface area (Å²) in [5.41, 5.74) is 7.00. The standard InChI is InChI=1S/C57H71N7O4/c1-33(65)29-35-23-25-56(8,34(35)2)52(67)62-27-9-11-47(62)50-58-41-19-13-36(30-43(41)60-50)45-21-22-46(64(45)40-17-15-38(16-18-40)54(3,4)5)37-14-20-42-44(31-37)61-51(59-42)48-12-10-28-63(48)53(68)57-26-24-39(32-49(57)66)55(57,6)7/h13-20,30-31,34-35,39,45-48H,9-12,21-29,32H2,1-8H3,(H,58,60)(H,59,61)/t34?,35-,39-,45-,46?,47+,48+,56+,57+/m1/s1.